The summed E-state index contributed by atoms with van der Waals surface area (Å²) in [4.78, 5) is 6.74. The summed E-state index contributed by atoms with van der Waals surface area (Å²) in [7, 11) is 0. The number of rotatable bonds is 6. The molecule has 1 heterocycles. The third kappa shape index (κ3) is 4.03. The van der Waals surface area contributed by atoms with Crippen LogP contribution in [0.5, 0.6) is 0 Å². The molecule has 0 fully saturated rings. The highest BCUT2D eigenvalue weighted by Gasteiger charge is 2.09. The molecule has 116 valence electrons. The third-order valence-corrected chi connectivity index (χ3v) is 3.50. The molecule has 5 heteroatoms. The lowest BCUT2D eigenvalue weighted by molar-refractivity contribution is 0.798. The summed E-state index contributed by atoms with van der Waals surface area (Å²) in [5, 5.41) is 11.3. The molecule has 0 unspecified atom stereocenters. The first kappa shape index (κ1) is 15.0. The van der Waals surface area contributed by atoms with Gasteiger partial charge in [-0.25, -0.2) is 0 Å². The number of nitrogens with one attached hydrogen (secondary N) is 1. The molecule has 23 heavy (non-hydrogen) atoms. The van der Waals surface area contributed by atoms with Gasteiger partial charge in [0, 0.05) is 18.8 Å². The fraction of sp³-hybridized carbons (Fsp3) is 0.167. The predicted octanol–water partition coefficient (Wildman–Crippen LogP) is 3.64. The van der Waals surface area contributed by atoms with Crippen molar-refractivity contribution < 1.29 is 0 Å². The zero-order valence-electron chi connectivity index (χ0n) is 13.1. The molecule has 0 aliphatic heterocycles. The lowest BCUT2D eigenvalue weighted by Crippen LogP contribution is -2.23. The van der Waals surface area contributed by atoms with Crippen LogP contribution >= 0.6 is 0 Å². The summed E-state index contributed by atoms with van der Waals surface area (Å²) in [6, 6.07) is 20.2. The molecule has 0 radical (unpaired) electrons. The first-order chi connectivity index (χ1) is 11.3. The topological polar surface area (TPSA) is 53.9 Å². The Kier molecular flexibility index (Phi) is 4.79. The van der Waals surface area contributed by atoms with Crippen molar-refractivity contribution in [3.05, 3.63) is 72.4 Å². The monoisotopic (exact) mass is 305 g/mol. The number of nitrogens with zero attached hydrogens (tertiary/aromatic N) is 4. The average Bonchev–Trinajstić information content (AvgIpc) is 2.62. The summed E-state index contributed by atoms with van der Waals surface area (Å²) >= 11 is 0. The van der Waals surface area contributed by atoms with Crippen LogP contribution in [-0.2, 0) is 6.54 Å². The first-order valence-corrected chi connectivity index (χ1v) is 7.66. The third-order valence-electron chi connectivity index (χ3n) is 3.50. The van der Waals surface area contributed by atoms with Crippen molar-refractivity contribution in [3.8, 4) is 0 Å². The van der Waals surface area contributed by atoms with E-state index in [1.54, 1.807) is 6.20 Å². The van der Waals surface area contributed by atoms with Gasteiger partial charge in [0.25, 0.3) is 0 Å². The molecule has 0 atom stereocenters. The summed E-state index contributed by atoms with van der Waals surface area (Å²) < 4.78 is 0. The highest BCUT2D eigenvalue weighted by Crippen LogP contribution is 2.17. The van der Waals surface area contributed by atoms with Crippen LogP contribution in [0.3, 0.4) is 0 Å². The molecular weight excluding hydrogens is 286 g/mol. The molecule has 0 aliphatic rings. The van der Waals surface area contributed by atoms with Crippen LogP contribution in [0.25, 0.3) is 0 Å². The van der Waals surface area contributed by atoms with Crippen molar-refractivity contribution in [2.45, 2.75) is 13.5 Å². The van der Waals surface area contributed by atoms with E-state index in [-0.39, 0.29) is 0 Å². The van der Waals surface area contributed by atoms with E-state index < -0.39 is 0 Å². The Hall–Kier alpha value is -2.95. The van der Waals surface area contributed by atoms with Gasteiger partial charge >= 0.3 is 0 Å². The van der Waals surface area contributed by atoms with Crippen molar-refractivity contribution in [3.63, 3.8) is 0 Å². The molecule has 2 aromatic carbocycles. The Morgan fingerprint density at radius 2 is 1.65 bits per heavy atom. The summed E-state index contributed by atoms with van der Waals surface area (Å²) in [5.41, 5.74) is 2.18. The molecule has 0 saturated carbocycles. The van der Waals surface area contributed by atoms with E-state index in [4.69, 9.17) is 0 Å². The normalized spacial score (nSPS) is 10.3. The molecule has 0 saturated heterocycles. The highest BCUT2D eigenvalue weighted by molar-refractivity contribution is 5.54. The van der Waals surface area contributed by atoms with E-state index in [0.717, 1.165) is 24.6 Å². The fourth-order valence-electron chi connectivity index (χ4n) is 2.31. The van der Waals surface area contributed by atoms with Gasteiger partial charge in [0.2, 0.25) is 5.95 Å². The van der Waals surface area contributed by atoms with Gasteiger partial charge in [0.05, 0.1) is 6.20 Å². The van der Waals surface area contributed by atoms with Gasteiger partial charge < -0.3 is 10.2 Å². The molecule has 3 rings (SSSR count). The number of hydrogen-bond acceptors (Lipinski definition) is 5. The summed E-state index contributed by atoms with van der Waals surface area (Å²) in [6.45, 7) is 3.74. The minimum atomic E-state index is 0.500. The average molecular weight is 305 g/mol. The molecule has 1 N–H and O–H groups in total. The zero-order chi connectivity index (χ0) is 15.9. The van der Waals surface area contributed by atoms with E-state index in [1.807, 2.05) is 48.5 Å². The molecule has 3 aromatic rings. The molecule has 0 bridgehead atoms. The molecule has 5 nitrogen and oxygen atoms in total. The van der Waals surface area contributed by atoms with Gasteiger partial charge in [-0.3, -0.25) is 0 Å². The molecular formula is C18H19N5. The lowest BCUT2D eigenvalue weighted by atomic mass is 10.2. The molecule has 1 aromatic heterocycles. The zero-order valence-corrected chi connectivity index (χ0v) is 13.1. The van der Waals surface area contributed by atoms with Gasteiger partial charge in [-0.1, -0.05) is 48.5 Å². The quantitative estimate of drug-likeness (QED) is 0.753. The van der Waals surface area contributed by atoms with Crippen LogP contribution < -0.4 is 10.2 Å². The highest BCUT2D eigenvalue weighted by atomic mass is 15.3. The Morgan fingerprint density at radius 1 is 0.957 bits per heavy atom. The maximum absolute atomic E-state index is 4.58. The largest absolute Gasteiger partial charge is 0.351 e. The van der Waals surface area contributed by atoms with Gasteiger partial charge in [-0.05, 0) is 24.6 Å². The van der Waals surface area contributed by atoms with E-state index in [0.29, 0.717) is 5.95 Å². The van der Waals surface area contributed by atoms with E-state index >= 15 is 0 Å². The Morgan fingerprint density at radius 3 is 2.35 bits per heavy atom. The number of hydrogen-bond donors (Lipinski definition) is 1. The second kappa shape index (κ2) is 7.35. The SMILES string of the molecule is CCN(Cc1ccccc1)c1cnnc(Nc2ccccc2)n1. The molecule has 0 amide bonds. The number of benzene rings is 2. The maximum atomic E-state index is 4.58. The first-order valence-electron chi connectivity index (χ1n) is 7.66. The van der Waals surface area contributed by atoms with Crippen molar-refractivity contribution in [1.82, 2.24) is 15.2 Å². The summed E-state index contributed by atoms with van der Waals surface area (Å²) in [6.07, 6.45) is 1.70. The fourth-order valence-corrected chi connectivity index (χ4v) is 2.31. The van der Waals surface area contributed by atoms with Gasteiger partial charge in [-0.2, -0.15) is 10.1 Å². The molecule has 0 spiro atoms. The second-order valence-corrected chi connectivity index (χ2v) is 5.13. The number of para-hydroxylation sites is 1. The number of aromatic nitrogens is 3. The Labute approximate surface area is 136 Å². The van der Waals surface area contributed by atoms with Gasteiger partial charge in [0.1, 0.15) is 0 Å². The van der Waals surface area contributed by atoms with Crippen molar-refractivity contribution in [1.29, 1.82) is 0 Å². The maximum Gasteiger partial charge on any atom is 0.249 e. The standard InChI is InChI=1S/C18H19N5/c1-2-23(14-15-9-5-3-6-10-15)17-13-19-22-18(21-17)20-16-11-7-4-8-12-16/h3-13H,2,14H2,1H3,(H,20,21,22). The van der Waals surface area contributed by atoms with Gasteiger partial charge in [0.15, 0.2) is 5.82 Å². The van der Waals surface area contributed by atoms with Crippen molar-refractivity contribution in [2.75, 3.05) is 16.8 Å². The van der Waals surface area contributed by atoms with Crippen LogP contribution in [0.2, 0.25) is 0 Å². The van der Waals surface area contributed by atoms with Crippen LogP contribution in [0, 0.1) is 0 Å². The number of anilines is 3. The molecule has 0 aliphatic carbocycles. The van der Waals surface area contributed by atoms with E-state index in [1.165, 1.54) is 5.56 Å². The van der Waals surface area contributed by atoms with E-state index in [2.05, 4.69) is 44.5 Å². The van der Waals surface area contributed by atoms with Crippen LogP contribution in [0.1, 0.15) is 12.5 Å². The smallest absolute Gasteiger partial charge is 0.249 e. The Balaban J connectivity index is 1.77. The van der Waals surface area contributed by atoms with Crippen LogP contribution in [0.4, 0.5) is 17.5 Å². The van der Waals surface area contributed by atoms with Crippen LogP contribution in [0.15, 0.2) is 66.9 Å². The second-order valence-electron chi connectivity index (χ2n) is 5.13. The minimum Gasteiger partial charge on any atom is -0.351 e. The predicted molar refractivity (Wildman–Crippen MR) is 92.7 cm³/mol. The van der Waals surface area contributed by atoms with Crippen molar-refractivity contribution >= 4 is 17.5 Å². The van der Waals surface area contributed by atoms with Gasteiger partial charge in [-0.15, -0.1) is 5.10 Å². The Bertz CT molecular complexity index is 731. The van der Waals surface area contributed by atoms with Crippen LogP contribution in [-0.4, -0.2) is 21.7 Å². The van der Waals surface area contributed by atoms with Crippen molar-refractivity contribution in [2.24, 2.45) is 0 Å². The minimum absolute atomic E-state index is 0.500. The lowest BCUT2D eigenvalue weighted by Gasteiger charge is -2.21. The summed E-state index contributed by atoms with van der Waals surface area (Å²) in [5.74, 6) is 1.31. The van der Waals surface area contributed by atoms with E-state index in [9.17, 15) is 0 Å².